The van der Waals surface area contributed by atoms with Crippen LogP contribution in [0.4, 0.5) is 11.4 Å². The summed E-state index contributed by atoms with van der Waals surface area (Å²) >= 11 is 0. The molecule has 0 unspecified atom stereocenters. The van der Waals surface area contributed by atoms with Gasteiger partial charge in [0, 0.05) is 25.1 Å². The summed E-state index contributed by atoms with van der Waals surface area (Å²) in [4.78, 5) is 12.7. The van der Waals surface area contributed by atoms with Crippen molar-refractivity contribution >= 4 is 21.4 Å². The molecular weight excluding hydrogens is 350 g/mol. The Hall–Kier alpha value is -1.75. The van der Waals surface area contributed by atoms with Crippen molar-refractivity contribution in [2.75, 3.05) is 38.3 Å². The molecule has 1 aromatic carbocycles. The van der Waals surface area contributed by atoms with E-state index in [9.17, 15) is 18.5 Å². The van der Waals surface area contributed by atoms with Crippen molar-refractivity contribution in [2.24, 2.45) is 5.92 Å². The van der Waals surface area contributed by atoms with E-state index < -0.39 is 14.9 Å². The van der Waals surface area contributed by atoms with Crippen molar-refractivity contribution < 1.29 is 22.8 Å². The van der Waals surface area contributed by atoms with Crippen LogP contribution in [0.5, 0.6) is 0 Å². The van der Waals surface area contributed by atoms with Crippen molar-refractivity contribution in [3.63, 3.8) is 0 Å². The van der Waals surface area contributed by atoms with Crippen molar-refractivity contribution in [2.45, 2.75) is 24.0 Å². The molecule has 2 aliphatic rings. The maximum absolute atomic E-state index is 11.9. The number of rotatable bonds is 5. The number of nitrogens with one attached hydrogen (secondary N) is 1. The van der Waals surface area contributed by atoms with Crippen LogP contribution in [0.3, 0.4) is 0 Å². The third-order valence-corrected chi connectivity index (χ3v) is 5.97. The summed E-state index contributed by atoms with van der Waals surface area (Å²) in [5.74, 6) is 0.136. The first-order valence-electron chi connectivity index (χ1n) is 8.12. The minimum Gasteiger partial charge on any atom is -0.366 e. The summed E-state index contributed by atoms with van der Waals surface area (Å²) in [5.41, 5.74) is 0.202. The van der Waals surface area contributed by atoms with E-state index in [4.69, 9.17) is 9.47 Å². The zero-order valence-electron chi connectivity index (χ0n) is 13.9. The van der Waals surface area contributed by atoms with Gasteiger partial charge in [-0.3, -0.25) is 10.1 Å². The van der Waals surface area contributed by atoms with Gasteiger partial charge in [0.1, 0.15) is 5.69 Å². The Balaban J connectivity index is 1.89. The SMILES string of the molecule is CNS(=O)(=O)c1ccc(N2CCC[C@@H](C3OCCO3)C2)c([N+](=O)[O-])c1. The lowest BCUT2D eigenvalue weighted by Gasteiger charge is -2.35. The molecular formula is C15H21N3O6S. The lowest BCUT2D eigenvalue weighted by Crippen LogP contribution is -2.41. The molecule has 0 amide bonds. The molecule has 0 bridgehead atoms. The van der Waals surface area contributed by atoms with E-state index in [2.05, 4.69) is 4.72 Å². The highest BCUT2D eigenvalue weighted by Gasteiger charge is 2.33. The Labute approximate surface area is 146 Å². The molecule has 0 radical (unpaired) electrons. The number of piperidine rings is 1. The first-order chi connectivity index (χ1) is 11.9. The molecule has 0 aliphatic carbocycles. The number of nitro benzene ring substituents is 1. The van der Waals surface area contributed by atoms with Crippen LogP contribution in [0.2, 0.25) is 0 Å². The molecule has 1 N–H and O–H groups in total. The lowest BCUT2D eigenvalue weighted by atomic mass is 9.96. The van der Waals surface area contributed by atoms with Gasteiger partial charge in [0.2, 0.25) is 10.0 Å². The second-order valence-corrected chi connectivity index (χ2v) is 7.96. The predicted octanol–water partition coefficient (Wildman–Crippen LogP) is 1.09. The number of nitro groups is 1. The molecule has 25 heavy (non-hydrogen) atoms. The average molecular weight is 371 g/mol. The maximum Gasteiger partial charge on any atom is 0.293 e. The van der Waals surface area contributed by atoms with Gasteiger partial charge in [-0.1, -0.05) is 0 Å². The van der Waals surface area contributed by atoms with E-state index in [1.165, 1.54) is 19.2 Å². The molecule has 10 heteroatoms. The summed E-state index contributed by atoms with van der Waals surface area (Å²) in [6.07, 6.45) is 1.52. The summed E-state index contributed by atoms with van der Waals surface area (Å²) < 4.78 is 37.1. The summed E-state index contributed by atoms with van der Waals surface area (Å²) in [7, 11) is -2.47. The fourth-order valence-electron chi connectivity index (χ4n) is 3.30. The van der Waals surface area contributed by atoms with E-state index in [1.54, 1.807) is 0 Å². The zero-order chi connectivity index (χ0) is 18.0. The Morgan fingerprint density at radius 1 is 1.32 bits per heavy atom. The zero-order valence-corrected chi connectivity index (χ0v) is 14.7. The first kappa shape index (κ1) is 18.1. The second kappa shape index (κ2) is 7.24. The molecule has 0 aromatic heterocycles. The van der Waals surface area contributed by atoms with Crippen LogP contribution in [0, 0.1) is 16.0 Å². The van der Waals surface area contributed by atoms with Crippen LogP contribution in [0.1, 0.15) is 12.8 Å². The largest absolute Gasteiger partial charge is 0.366 e. The average Bonchev–Trinajstić information content (AvgIpc) is 3.16. The number of anilines is 1. The third kappa shape index (κ3) is 3.76. The highest BCUT2D eigenvalue weighted by atomic mass is 32.2. The molecule has 2 aliphatic heterocycles. The highest BCUT2D eigenvalue weighted by molar-refractivity contribution is 7.89. The molecule has 1 aromatic rings. The van der Waals surface area contributed by atoms with Gasteiger partial charge >= 0.3 is 0 Å². The molecule has 2 saturated heterocycles. The number of hydrogen-bond donors (Lipinski definition) is 1. The molecule has 9 nitrogen and oxygen atoms in total. The topological polar surface area (TPSA) is 111 Å². The number of benzene rings is 1. The molecule has 2 fully saturated rings. The van der Waals surface area contributed by atoms with Gasteiger partial charge in [0.15, 0.2) is 6.29 Å². The van der Waals surface area contributed by atoms with E-state index in [0.29, 0.717) is 32.0 Å². The minimum atomic E-state index is -3.74. The molecule has 2 heterocycles. The van der Waals surface area contributed by atoms with Crippen LogP contribution < -0.4 is 9.62 Å². The molecule has 1 atom stereocenters. The lowest BCUT2D eigenvalue weighted by molar-refractivity contribution is -0.384. The first-order valence-corrected chi connectivity index (χ1v) is 9.61. The van der Waals surface area contributed by atoms with Gasteiger partial charge in [-0.05, 0) is 32.0 Å². The van der Waals surface area contributed by atoms with Crippen LogP contribution in [-0.2, 0) is 19.5 Å². The second-order valence-electron chi connectivity index (χ2n) is 6.07. The predicted molar refractivity (Wildman–Crippen MR) is 90.0 cm³/mol. The van der Waals surface area contributed by atoms with Crippen LogP contribution >= 0.6 is 0 Å². The quantitative estimate of drug-likeness (QED) is 0.609. The Morgan fingerprint density at radius 2 is 2.04 bits per heavy atom. The van der Waals surface area contributed by atoms with Gasteiger partial charge in [0.05, 0.1) is 23.0 Å². The Morgan fingerprint density at radius 3 is 2.68 bits per heavy atom. The Kier molecular flexibility index (Phi) is 5.23. The number of sulfonamides is 1. The van der Waals surface area contributed by atoms with Gasteiger partial charge in [-0.2, -0.15) is 0 Å². The Bertz CT molecular complexity index is 748. The van der Waals surface area contributed by atoms with E-state index >= 15 is 0 Å². The summed E-state index contributed by atoms with van der Waals surface area (Å²) in [6.45, 7) is 2.38. The maximum atomic E-state index is 11.9. The number of ether oxygens (including phenoxy) is 2. The van der Waals surface area contributed by atoms with E-state index in [0.717, 1.165) is 18.9 Å². The van der Waals surface area contributed by atoms with Crippen molar-refractivity contribution in [1.82, 2.24) is 4.72 Å². The van der Waals surface area contributed by atoms with E-state index in [1.807, 2.05) is 4.90 Å². The van der Waals surface area contributed by atoms with Gasteiger partial charge < -0.3 is 14.4 Å². The van der Waals surface area contributed by atoms with E-state index in [-0.39, 0.29) is 22.8 Å². The summed E-state index contributed by atoms with van der Waals surface area (Å²) in [5, 5.41) is 11.5. The number of hydrogen-bond acceptors (Lipinski definition) is 7. The van der Waals surface area contributed by atoms with Crippen LogP contribution in [-0.4, -0.2) is 53.0 Å². The molecule has 0 saturated carbocycles. The fourth-order valence-corrected chi connectivity index (χ4v) is 4.05. The molecule has 3 rings (SSSR count). The van der Waals surface area contributed by atoms with Gasteiger partial charge in [-0.15, -0.1) is 0 Å². The molecule has 138 valence electrons. The van der Waals surface area contributed by atoms with Crippen LogP contribution in [0.25, 0.3) is 0 Å². The van der Waals surface area contributed by atoms with Crippen molar-refractivity contribution in [3.8, 4) is 0 Å². The van der Waals surface area contributed by atoms with Crippen LogP contribution in [0.15, 0.2) is 23.1 Å². The van der Waals surface area contributed by atoms with Crippen molar-refractivity contribution in [1.29, 1.82) is 0 Å². The smallest absolute Gasteiger partial charge is 0.293 e. The molecule has 0 spiro atoms. The number of nitrogens with zero attached hydrogens (tertiary/aromatic N) is 2. The van der Waals surface area contributed by atoms with Gasteiger partial charge in [-0.25, -0.2) is 13.1 Å². The fraction of sp³-hybridized carbons (Fsp3) is 0.600. The third-order valence-electron chi connectivity index (χ3n) is 4.55. The van der Waals surface area contributed by atoms with Crippen molar-refractivity contribution in [3.05, 3.63) is 28.3 Å². The monoisotopic (exact) mass is 371 g/mol. The standard InChI is InChI=1S/C15H21N3O6S/c1-16-25(21,22)12-4-5-13(14(9-12)18(19)20)17-6-2-3-11(10-17)15-23-7-8-24-15/h4-5,9,11,15-16H,2-3,6-8,10H2,1H3/t11-/m1/s1. The minimum absolute atomic E-state index is 0.124. The highest BCUT2D eigenvalue weighted by Crippen LogP contribution is 2.35. The van der Waals surface area contributed by atoms with Gasteiger partial charge in [0.25, 0.3) is 5.69 Å². The normalized spacial score (nSPS) is 22.3. The summed E-state index contributed by atoms with van der Waals surface area (Å²) in [6, 6.07) is 3.99.